The molecule has 1 aliphatic heterocycles. The standard InChI is InChI=1S/C16H32F3N5O.HI/c1-14(16(17,18)19)23-8-10-24(11-9-23)15(20-2)21-6-5-7-22(3)12-13-25-4;/h14H,5-13H2,1-4H3,(H,20,21);1H. The zero-order chi connectivity index (χ0) is 18.9. The Morgan fingerprint density at radius 3 is 2.35 bits per heavy atom. The van der Waals surface area contributed by atoms with Crippen LogP contribution in [0.3, 0.4) is 0 Å². The fourth-order valence-electron chi connectivity index (χ4n) is 2.77. The Morgan fingerprint density at radius 2 is 1.85 bits per heavy atom. The highest BCUT2D eigenvalue weighted by Gasteiger charge is 2.41. The average molecular weight is 495 g/mol. The summed E-state index contributed by atoms with van der Waals surface area (Å²) in [6, 6.07) is -1.40. The number of hydrogen-bond acceptors (Lipinski definition) is 4. The molecule has 0 aliphatic carbocycles. The SMILES string of the molecule is CN=C(NCCCN(C)CCOC)N1CCN(C(C)C(F)(F)F)CC1.I. The minimum atomic E-state index is -4.17. The van der Waals surface area contributed by atoms with Gasteiger partial charge in [-0.15, -0.1) is 24.0 Å². The van der Waals surface area contributed by atoms with Crippen LogP contribution < -0.4 is 5.32 Å². The van der Waals surface area contributed by atoms with E-state index in [-0.39, 0.29) is 24.0 Å². The van der Waals surface area contributed by atoms with E-state index < -0.39 is 12.2 Å². The summed E-state index contributed by atoms with van der Waals surface area (Å²) < 4.78 is 43.4. The quantitative estimate of drug-likeness (QED) is 0.241. The van der Waals surface area contributed by atoms with Gasteiger partial charge in [0, 0.05) is 53.4 Å². The predicted molar refractivity (Wildman–Crippen MR) is 109 cm³/mol. The first-order valence-electron chi connectivity index (χ1n) is 8.73. The van der Waals surface area contributed by atoms with Gasteiger partial charge in [0.15, 0.2) is 5.96 Å². The van der Waals surface area contributed by atoms with Gasteiger partial charge in [-0.3, -0.25) is 9.89 Å². The molecule has 1 N–H and O–H groups in total. The van der Waals surface area contributed by atoms with Crippen molar-refractivity contribution in [1.29, 1.82) is 0 Å². The second-order valence-corrected chi connectivity index (χ2v) is 6.36. The number of ether oxygens (including phenoxy) is 1. The monoisotopic (exact) mass is 495 g/mol. The molecule has 1 fully saturated rings. The van der Waals surface area contributed by atoms with Crippen LogP contribution in [-0.2, 0) is 4.74 Å². The Morgan fingerprint density at radius 1 is 1.23 bits per heavy atom. The van der Waals surface area contributed by atoms with E-state index in [1.165, 1.54) is 11.8 Å². The molecule has 6 nitrogen and oxygen atoms in total. The van der Waals surface area contributed by atoms with Gasteiger partial charge in [0.25, 0.3) is 0 Å². The van der Waals surface area contributed by atoms with Crippen LogP contribution in [0.1, 0.15) is 13.3 Å². The van der Waals surface area contributed by atoms with Crippen molar-refractivity contribution in [3.63, 3.8) is 0 Å². The van der Waals surface area contributed by atoms with E-state index in [1.54, 1.807) is 14.2 Å². The van der Waals surface area contributed by atoms with Crippen molar-refractivity contribution in [3.05, 3.63) is 0 Å². The van der Waals surface area contributed by atoms with Crippen LogP contribution in [0.2, 0.25) is 0 Å². The Labute approximate surface area is 172 Å². The topological polar surface area (TPSA) is 43.3 Å². The molecule has 0 spiro atoms. The van der Waals surface area contributed by atoms with Crippen molar-refractivity contribution >= 4 is 29.9 Å². The van der Waals surface area contributed by atoms with Gasteiger partial charge in [-0.1, -0.05) is 0 Å². The molecule has 0 aromatic carbocycles. The van der Waals surface area contributed by atoms with Crippen molar-refractivity contribution in [2.45, 2.75) is 25.6 Å². The number of alkyl halides is 3. The smallest absolute Gasteiger partial charge is 0.383 e. The molecule has 1 heterocycles. The molecular formula is C16H33F3IN5O. The molecule has 0 bridgehead atoms. The van der Waals surface area contributed by atoms with Crippen LogP contribution >= 0.6 is 24.0 Å². The highest BCUT2D eigenvalue weighted by atomic mass is 127. The molecule has 10 heteroatoms. The summed E-state index contributed by atoms with van der Waals surface area (Å²) in [5.41, 5.74) is 0. The molecule has 0 aromatic heterocycles. The van der Waals surface area contributed by atoms with Crippen molar-refractivity contribution < 1.29 is 17.9 Å². The van der Waals surface area contributed by atoms with Gasteiger partial charge in [0.2, 0.25) is 0 Å². The lowest BCUT2D eigenvalue weighted by atomic mass is 10.2. The van der Waals surface area contributed by atoms with Gasteiger partial charge >= 0.3 is 6.18 Å². The molecule has 1 atom stereocenters. The van der Waals surface area contributed by atoms with E-state index in [2.05, 4.69) is 22.3 Å². The second kappa shape index (κ2) is 12.9. The number of nitrogens with zero attached hydrogens (tertiary/aromatic N) is 4. The lowest BCUT2D eigenvalue weighted by Crippen LogP contribution is -2.56. The maximum atomic E-state index is 12.8. The lowest BCUT2D eigenvalue weighted by Gasteiger charge is -2.39. The predicted octanol–water partition coefficient (Wildman–Crippen LogP) is 1.72. The molecule has 1 saturated heterocycles. The Hall–Kier alpha value is -0.330. The first-order chi connectivity index (χ1) is 11.8. The number of aliphatic imine (C=N–C) groups is 1. The van der Waals surface area contributed by atoms with E-state index in [4.69, 9.17) is 4.74 Å². The summed E-state index contributed by atoms with van der Waals surface area (Å²) >= 11 is 0. The van der Waals surface area contributed by atoms with Crippen LogP contribution in [0.25, 0.3) is 0 Å². The molecule has 0 saturated carbocycles. The van der Waals surface area contributed by atoms with Gasteiger partial charge in [0.05, 0.1) is 6.61 Å². The molecule has 0 amide bonds. The maximum absolute atomic E-state index is 12.8. The van der Waals surface area contributed by atoms with Crippen LogP contribution in [0.4, 0.5) is 13.2 Å². The fraction of sp³-hybridized carbons (Fsp3) is 0.938. The fourth-order valence-corrected chi connectivity index (χ4v) is 2.77. The number of nitrogens with one attached hydrogen (secondary N) is 1. The molecule has 1 rings (SSSR count). The molecule has 0 aromatic rings. The van der Waals surface area contributed by atoms with Gasteiger partial charge in [-0.2, -0.15) is 13.2 Å². The van der Waals surface area contributed by atoms with E-state index in [1.807, 2.05) is 4.90 Å². The number of rotatable bonds is 8. The third-order valence-corrected chi connectivity index (χ3v) is 4.52. The zero-order valence-electron chi connectivity index (χ0n) is 16.2. The minimum Gasteiger partial charge on any atom is -0.383 e. The number of hydrogen-bond donors (Lipinski definition) is 1. The summed E-state index contributed by atoms with van der Waals surface area (Å²) in [6.45, 7) is 6.44. The number of methoxy groups -OCH3 is 1. The van der Waals surface area contributed by atoms with E-state index in [0.29, 0.717) is 32.8 Å². The summed E-state index contributed by atoms with van der Waals surface area (Å²) in [6.07, 6.45) is -3.21. The van der Waals surface area contributed by atoms with Gasteiger partial charge in [-0.25, -0.2) is 0 Å². The summed E-state index contributed by atoms with van der Waals surface area (Å²) in [4.78, 5) is 9.96. The van der Waals surface area contributed by atoms with Gasteiger partial charge in [0.1, 0.15) is 6.04 Å². The molecule has 1 unspecified atom stereocenters. The minimum absolute atomic E-state index is 0. The van der Waals surface area contributed by atoms with Crippen molar-refractivity contribution in [2.24, 2.45) is 4.99 Å². The molecule has 156 valence electrons. The first-order valence-corrected chi connectivity index (χ1v) is 8.73. The zero-order valence-corrected chi connectivity index (χ0v) is 18.5. The van der Waals surface area contributed by atoms with E-state index in [0.717, 1.165) is 32.0 Å². The summed E-state index contributed by atoms with van der Waals surface area (Å²) in [7, 11) is 5.45. The van der Waals surface area contributed by atoms with Gasteiger partial charge < -0.3 is 19.9 Å². The average Bonchev–Trinajstić information content (AvgIpc) is 2.59. The van der Waals surface area contributed by atoms with Gasteiger partial charge in [-0.05, 0) is 26.9 Å². The molecule has 0 radical (unpaired) electrons. The first kappa shape index (κ1) is 25.7. The normalized spacial score (nSPS) is 18.0. The lowest BCUT2D eigenvalue weighted by molar-refractivity contribution is -0.181. The Balaban J connectivity index is 0.00000625. The highest BCUT2D eigenvalue weighted by Crippen LogP contribution is 2.25. The van der Waals surface area contributed by atoms with Crippen LogP contribution in [0.5, 0.6) is 0 Å². The third kappa shape index (κ3) is 9.05. The molecule has 26 heavy (non-hydrogen) atoms. The second-order valence-electron chi connectivity index (χ2n) is 6.36. The van der Waals surface area contributed by atoms with Crippen LogP contribution in [0.15, 0.2) is 4.99 Å². The van der Waals surface area contributed by atoms with E-state index in [9.17, 15) is 13.2 Å². The Bertz CT molecular complexity index is 404. The Kier molecular flexibility index (Phi) is 12.8. The molecule has 1 aliphatic rings. The highest BCUT2D eigenvalue weighted by molar-refractivity contribution is 14.0. The summed E-state index contributed by atoms with van der Waals surface area (Å²) in [5, 5.41) is 3.30. The van der Waals surface area contributed by atoms with Crippen molar-refractivity contribution in [1.82, 2.24) is 20.0 Å². The van der Waals surface area contributed by atoms with Crippen LogP contribution in [-0.4, -0.2) is 107 Å². The van der Waals surface area contributed by atoms with Crippen molar-refractivity contribution in [2.75, 3.05) is 73.6 Å². The molecular weight excluding hydrogens is 462 g/mol. The number of likely N-dealkylation sites (N-methyl/N-ethyl adjacent to an activating group) is 1. The number of guanidine groups is 1. The van der Waals surface area contributed by atoms with Crippen LogP contribution in [0, 0.1) is 0 Å². The number of halogens is 4. The maximum Gasteiger partial charge on any atom is 0.403 e. The summed E-state index contributed by atoms with van der Waals surface area (Å²) in [5.74, 6) is 0.763. The van der Waals surface area contributed by atoms with Crippen molar-refractivity contribution in [3.8, 4) is 0 Å². The largest absolute Gasteiger partial charge is 0.403 e. The van der Waals surface area contributed by atoms with E-state index >= 15 is 0 Å². The third-order valence-electron chi connectivity index (χ3n) is 4.52. The number of piperazine rings is 1.